The predicted molar refractivity (Wildman–Crippen MR) is 121 cm³/mol. The quantitative estimate of drug-likeness (QED) is 0.389. The minimum Gasteiger partial charge on any atom is -0.450 e. The Balaban J connectivity index is 1.66. The van der Waals surface area contributed by atoms with Crippen molar-refractivity contribution in [3.05, 3.63) is 65.4 Å². The van der Waals surface area contributed by atoms with Crippen molar-refractivity contribution in [2.24, 2.45) is 0 Å². The monoisotopic (exact) mass is 450 g/mol. The Hall–Kier alpha value is -4.28. The van der Waals surface area contributed by atoms with Crippen molar-refractivity contribution >= 4 is 23.2 Å². The third kappa shape index (κ3) is 4.66. The molecule has 3 aromatic heterocycles. The summed E-state index contributed by atoms with van der Waals surface area (Å²) < 4.78 is 20.8. The molecule has 0 unspecified atom stereocenters. The summed E-state index contributed by atoms with van der Waals surface area (Å²) in [5.74, 6) is 0.595. The summed E-state index contributed by atoms with van der Waals surface area (Å²) in [4.78, 5) is 25.0. The Labute approximate surface area is 188 Å². The van der Waals surface area contributed by atoms with Crippen LogP contribution in [0.1, 0.15) is 30.3 Å². The van der Waals surface area contributed by atoms with Crippen molar-refractivity contribution in [3.63, 3.8) is 0 Å². The van der Waals surface area contributed by atoms with Crippen LogP contribution in [0.4, 0.5) is 20.8 Å². The normalized spacial score (nSPS) is 11.0. The highest BCUT2D eigenvalue weighted by Crippen LogP contribution is 2.26. The van der Waals surface area contributed by atoms with Crippen LogP contribution in [0.3, 0.4) is 0 Å². The van der Waals surface area contributed by atoms with Gasteiger partial charge in [-0.05, 0) is 30.2 Å². The van der Waals surface area contributed by atoms with Gasteiger partial charge in [0.15, 0.2) is 5.82 Å². The number of hydrogen-bond acceptors (Lipinski definition) is 8. The second kappa shape index (κ2) is 9.47. The number of nitrogens with zero attached hydrogens (tertiary/aromatic N) is 5. The molecule has 0 aliphatic heterocycles. The molecule has 4 rings (SSSR count). The van der Waals surface area contributed by atoms with Crippen LogP contribution in [0.2, 0.25) is 0 Å². The average Bonchev–Trinajstić information content (AvgIpc) is 3.17. The topological polar surface area (TPSA) is 146 Å². The van der Waals surface area contributed by atoms with Crippen molar-refractivity contribution in [2.75, 3.05) is 18.1 Å². The van der Waals surface area contributed by atoms with Gasteiger partial charge in [-0.2, -0.15) is 5.10 Å². The Morgan fingerprint density at radius 2 is 1.88 bits per heavy atom. The van der Waals surface area contributed by atoms with Crippen molar-refractivity contribution in [3.8, 4) is 11.5 Å². The number of aromatic nitrogens is 5. The lowest BCUT2D eigenvalue weighted by atomic mass is 10.1. The second-order valence-corrected chi connectivity index (χ2v) is 7.25. The molecule has 5 N–H and O–H groups in total. The van der Waals surface area contributed by atoms with E-state index in [0.717, 1.165) is 0 Å². The van der Waals surface area contributed by atoms with Gasteiger partial charge in [-0.15, -0.1) is 0 Å². The molecule has 3 heterocycles. The number of halogens is 1. The molecule has 11 heteroatoms. The minimum atomic E-state index is -0.580. The summed E-state index contributed by atoms with van der Waals surface area (Å²) in [7, 11) is 0. The number of carbonyl (C=O) groups is 1. The van der Waals surface area contributed by atoms with Crippen molar-refractivity contribution in [1.82, 2.24) is 29.9 Å². The van der Waals surface area contributed by atoms with E-state index in [0.29, 0.717) is 41.2 Å². The standard InChI is InChI=1S/C22H23FN8O2/c1-2-10-33-22(32)26-12-14-19(24)29-21(30-20(14)25)18-16-8-5-9-27-31(16)17(28-18)11-13-6-3-4-7-15(13)23/h3-9H,2,10-12H2,1H3,(H,26,32)(H4,24,25,29,30). The first kappa shape index (κ1) is 21.9. The van der Waals surface area contributed by atoms with E-state index in [1.807, 2.05) is 6.92 Å². The number of rotatable bonds is 7. The number of nitrogens with two attached hydrogens (primary N) is 2. The average molecular weight is 450 g/mol. The summed E-state index contributed by atoms with van der Waals surface area (Å²) in [5.41, 5.74) is 14.1. The molecule has 1 aromatic carbocycles. The minimum absolute atomic E-state index is 0.0184. The fourth-order valence-electron chi connectivity index (χ4n) is 3.29. The molecule has 0 bridgehead atoms. The number of alkyl carbamates (subject to hydrolysis) is 1. The highest BCUT2D eigenvalue weighted by molar-refractivity contribution is 5.75. The maximum Gasteiger partial charge on any atom is 0.407 e. The van der Waals surface area contributed by atoms with Crippen LogP contribution >= 0.6 is 0 Å². The van der Waals surface area contributed by atoms with Crippen LogP contribution in [0.15, 0.2) is 42.6 Å². The largest absolute Gasteiger partial charge is 0.450 e. The Bertz CT molecular complexity index is 1280. The van der Waals surface area contributed by atoms with Crippen molar-refractivity contribution in [2.45, 2.75) is 26.3 Å². The van der Waals surface area contributed by atoms with E-state index in [1.165, 1.54) is 6.07 Å². The molecule has 10 nitrogen and oxygen atoms in total. The number of nitrogen functional groups attached to an aromatic ring is 2. The van der Waals surface area contributed by atoms with Crippen molar-refractivity contribution in [1.29, 1.82) is 0 Å². The van der Waals surface area contributed by atoms with Crippen LogP contribution in [-0.4, -0.2) is 37.3 Å². The van der Waals surface area contributed by atoms with Gasteiger partial charge in [0.1, 0.15) is 29.0 Å². The number of anilines is 2. The van der Waals surface area contributed by atoms with Gasteiger partial charge in [0.2, 0.25) is 0 Å². The molecule has 4 aromatic rings. The highest BCUT2D eigenvalue weighted by Gasteiger charge is 2.20. The lowest BCUT2D eigenvalue weighted by Crippen LogP contribution is -2.25. The predicted octanol–water partition coefficient (Wildman–Crippen LogP) is 2.72. The molecule has 0 fully saturated rings. The molecule has 170 valence electrons. The molecule has 0 atom stereocenters. The Kier molecular flexibility index (Phi) is 6.29. The third-order valence-electron chi connectivity index (χ3n) is 4.91. The molecule has 0 saturated carbocycles. The van der Waals surface area contributed by atoms with Crippen molar-refractivity contribution < 1.29 is 13.9 Å². The molecular formula is C22H23FN8O2. The lowest BCUT2D eigenvalue weighted by molar-refractivity contribution is 0.146. The van der Waals surface area contributed by atoms with E-state index in [4.69, 9.17) is 16.2 Å². The summed E-state index contributed by atoms with van der Waals surface area (Å²) in [5, 5.41) is 6.92. The van der Waals surface area contributed by atoms with Crippen LogP contribution in [0.25, 0.3) is 17.0 Å². The summed E-state index contributed by atoms with van der Waals surface area (Å²) in [6.07, 6.45) is 1.96. The van der Waals surface area contributed by atoms with Gasteiger partial charge >= 0.3 is 6.09 Å². The number of amides is 1. The fourth-order valence-corrected chi connectivity index (χ4v) is 3.29. The van der Waals surface area contributed by atoms with Gasteiger partial charge < -0.3 is 21.5 Å². The molecule has 0 spiro atoms. The van der Waals surface area contributed by atoms with Crippen LogP contribution < -0.4 is 16.8 Å². The third-order valence-corrected chi connectivity index (χ3v) is 4.91. The number of ether oxygens (including phenoxy) is 1. The SMILES string of the molecule is CCCOC(=O)NCc1c(N)nc(-c2nc(Cc3ccccc3F)n3ncccc23)nc1N. The molecule has 0 aliphatic rings. The molecular weight excluding hydrogens is 427 g/mol. The smallest absolute Gasteiger partial charge is 0.407 e. The van der Waals surface area contributed by atoms with Gasteiger partial charge in [0.05, 0.1) is 24.2 Å². The number of hydrogen-bond donors (Lipinski definition) is 3. The number of fused-ring (bicyclic) bond motifs is 1. The number of benzene rings is 1. The first-order valence-corrected chi connectivity index (χ1v) is 10.4. The zero-order chi connectivity index (χ0) is 23.4. The number of nitrogens with one attached hydrogen (secondary N) is 1. The van der Waals surface area contributed by atoms with E-state index in [9.17, 15) is 9.18 Å². The molecule has 0 aliphatic carbocycles. The Morgan fingerprint density at radius 1 is 1.12 bits per heavy atom. The summed E-state index contributed by atoms with van der Waals surface area (Å²) in [6.45, 7) is 2.22. The zero-order valence-electron chi connectivity index (χ0n) is 18.0. The van der Waals surface area contributed by atoms with Gasteiger partial charge in [-0.25, -0.2) is 28.7 Å². The molecule has 33 heavy (non-hydrogen) atoms. The van der Waals surface area contributed by atoms with E-state index < -0.39 is 6.09 Å². The van der Waals surface area contributed by atoms with Gasteiger partial charge in [-0.3, -0.25) is 0 Å². The van der Waals surface area contributed by atoms with Crippen LogP contribution in [0.5, 0.6) is 0 Å². The highest BCUT2D eigenvalue weighted by atomic mass is 19.1. The number of carbonyl (C=O) groups excluding carboxylic acids is 1. The molecule has 0 radical (unpaired) electrons. The molecule has 0 saturated heterocycles. The second-order valence-electron chi connectivity index (χ2n) is 7.25. The van der Waals surface area contributed by atoms with Gasteiger partial charge in [-0.1, -0.05) is 25.1 Å². The summed E-state index contributed by atoms with van der Waals surface area (Å²) in [6, 6.07) is 10.0. The maximum atomic E-state index is 14.2. The van der Waals surface area contributed by atoms with Crippen LogP contribution in [-0.2, 0) is 17.7 Å². The Morgan fingerprint density at radius 3 is 2.61 bits per heavy atom. The van der Waals surface area contributed by atoms with E-state index >= 15 is 0 Å². The first-order valence-electron chi connectivity index (χ1n) is 10.4. The van der Waals surface area contributed by atoms with Crippen LogP contribution in [0, 0.1) is 5.82 Å². The first-order chi connectivity index (χ1) is 16.0. The fraction of sp³-hybridized carbons (Fsp3) is 0.227. The summed E-state index contributed by atoms with van der Waals surface area (Å²) >= 11 is 0. The molecule has 1 amide bonds. The van der Waals surface area contributed by atoms with E-state index in [-0.39, 0.29) is 36.2 Å². The van der Waals surface area contributed by atoms with E-state index in [2.05, 4.69) is 25.4 Å². The maximum absolute atomic E-state index is 14.2. The zero-order valence-corrected chi connectivity index (χ0v) is 18.0. The lowest BCUT2D eigenvalue weighted by Gasteiger charge is -2.11. The van der Waals surface area contributed by atoms with E-state index in [1.54, 1.807) is 41.0 Å². The number of imidazole rings is 1. The van der Waals surface area contributed by atoms with Gasteiger partial charge in [0.25, 0.3) is 0 Å². The van der Waals surface area contributed by atoms with Gasteiger partial charge in [0, 0.05) is 12.6 Å².